The molecule has 152 valence electrons. The molecule has 0 aromatic heterocycles. The number of halogens is 4. The van der Waals surface area contributed by atoms with Gasteiger partial charge in [0.1, 0.15) is 11.5 Å². The van der Waals surface area contributed by atoms with Gasteiger partial charge in [0.15, 0.2) is 4.75 Å². The maximum absolute atomic E-state index is 13.0. The van der Waals surface area contributed by atoms with Gasteiger partial charge in [-0.2, -0.15) is 8.42 Å². The fourth-order valence-corrected chi connectivity index (χ4v) is 5.28. The molecule has 5 nitrogen and oxygen atoms in total. The first kappa shape index (κ1) is 22.0. The number of hydrogen-bond donors (Lipinski definition) is 3. The molecule has 0 spiro atoms. The van der Waals surface area contributed by atoms with Gasteiger partial charge in [-0.3, -0.25) is 4.55 Å². The summed E-state index contributed by atoms with van der Waals surface area (Å²) in [6, 6.07) is 11.4. The third-order valence-corrected chi connectivity index (χ3v) is 7.04. The van der Waals surface area contributed by atoms with E-state index >= 15 is 0 Å². The van der Waals surface area contributed by atoms with Crippen molar-refractivity contribution in [1.29, 1.82) is 0 Å². The molecule has 0 unspecified atom stereocenters. The van der Waals surface area contributed by atoms with Crippen LogP contribution in [0.25, 0.3) is 0 Å². The molecule has 0 bridgehead atoms. The van der Waals surface area contributed by atoms with Crippen LogP contribution in [0.4, 0.5) is 0 Å². The number of benzene rings is 3. The van der Waals surface area contributed by atoms with Crippen molar-refractivity contribution in [3.05, 3.63) is 91.4 Å². The molecule has 0 heterocycles. The lowest BCUT2D eigenvalue weighted by atomic mass is 9.83. The van der Waals surface area contributed by atoms with Crippen molar-refractivity contribution in [1.82, 2.24) is 0 Å². The van der Waals surface area contributed by atoms with Gasteiger partial charge in [0.05, 0.1) is 10.0 Å². The maximum Gasteiger partial charge on any atom is 0.283 e. The summed E-state index contributed by atoms with van der Waals surface area (Å²) in [5.41, 5.74) is -0.139. The zero-order valence-electron chi connectivity index (χ0n) is 14.3. The standard InChI is InChI=1S/C19H12Cl4O5S/c20-12-3-4-14(21)13(9-12)19(29(26,27)28,10-1-5-17(24)15(22)7-10)11-2-6-18(25)16(23)8-11/h1-9,24-25H,(H,26,27,28). The highest BCUT2D eigenvalue weighted by Gasteiger charge is 2.50. The Kier molecular flexibility index (Phi) is 5.98. The van der Waals surface area contributed by atoms with Crippen LogP contribution in [0, 0.1) is 0 Å². The van der Waals surface area contributed by atoms with Crippen molar-refractivity contribution in [2.75, 3.05) is 0 Å². The lowest BCUT2D eigenvalue weighted by Gasteiger charge is -2.33. The number of aromatic hydroxyl groups is 2. The van der Waals surface area contributed by atoms with Gasteiger partial charge in [-0.05, 0) is 53.6 Å². The van der Waals surface area contributed by atoms with E-state index in [0.29, 0.717) is 0 Å². The molecule has 0 aliphatic rings. The average molecular weight is 494 g/mol. The smallest absolute Gasteiger partial charge is 0.283 e. The molecule has 3 aromatic rings. The van der Waals surface area contributed by atoms with E-state index in [9.17, 15) is 23.2 Å². The van der Waals surface area contributed by atoms with Crippen LogP contribution >= 0.6 is 46.4 Å². The minimum Gasteiger partial charge on any atom is -0.506 e. The van der Waals surface area contributed by atoms with Crippen molar-refractivity contribution in [3.63, 3.8) is 0 Å². The van der Waals surface area contributed by atoms with Crippen LogP contribution in [0.3, 0.4) is 0 Å². The van der Waals surface area contributed by atoms with Crippen molar-refractivity contribution >= 4 is 56.5 Å². The molecule has 0 saturated carbocycles. The Hall–Kier alpha value is -1.67. The van der Waals surface area contributed by atoms with Crippen LogP contribution in [0.5, 0.6) is 11.5 Å². The molecule has 0 amide bonds. The van der Waals surface area contributed by atoms with Crippen molar-refractivity contribution in [2.45, 2.75) is 4.75 Å². The van der Waals surface area contributed by atoms with E-state index in [4.69, 9.17) is 46.4 Å². The lowest BCUT2D eigenvalue weighted by molar-refractivity contribution is 0.456. The average Bonchev–Trinajstić information content (AvgIpc) is 2.63. The number of rotatable bonds is 4. The highest BCUT2D eigenvalue weighted by atomic mass is 35.5. The van der Waals surface area contributed by atoms with Crippen LogP contribution < -0.4 is 0 Å². The van der Waals surface area contributed by atoms with E-state index in [1.54, 1.807) is 0 Å². The molecule has 10 heteroatoms. The molecule has 0 aliphatic carbocycles. The molecule has 3 rings (SSSR count). The van der Waals surface area contributed by atoms with E-state index in [1.807, 2.05) is 0 Å². The van der Waals surface area contributed by atoms with Crippen molar-refractivity contribution in [3.8, 4) is 11.5 Å². The number of phenolic OH excluding ortho intramolecular Hbond substituents is 2. The van der Waals surface area contributed by atoms with Gasteiger partial charge in [0.2, 0.25) is 0 Å². The van der Waals surface area contributed by atoms with Crippen LogP contribution in [0.1, 0.15) is 16.7 Å². The van der Waals surface area contributed by atoms with E-state index in [2.05, 4.69) is 0 Å². The second kappa shape index (κ2) is 7.87. The summed E-state index contributed by atoms with van der Waals surface area (Å²) < 4.78 is 34.1. The van der Waals surface area contributed by atoms with Crippen LogP contribution in [0.15, 0.2) is 54.6 Å². The molecule has 3 N–H and O–H groups in total. The third-order valence-electron chi connectivity index (χ3n) is 4.40. The predicted octanol–water partition coefficient (Wildman–Crippen LogP) is 5.89. The summed E-state index contributed by atoms with van der Waals surface area (Å²) in [6.45, 7) is 0. The third kappa shape index (κ3) is 3.77. The fourth-order valence-electron chi connectivity index (χ4n) is 3.13. The van der Waals surface area contributed by atoms with E-state index < -0.39 is 14.9 Å². The van der Waals surface area contributed by atoms with E-state index in [0.717, 1.165) is 0 Å². The molecule has 0 saturated heterocycles. The fraction of sp³-hybridized carbons (Fsp3) is 0.0526. The van der Waals surface area contributed by atoms with E-state index in [-0.39, 0.29) is 48.3 Å². The van der Waals surface area contributed by atoms with E-state index in [1.165, 1.54) is 54.6 Å². The van der Waals surface area contributed by atoms with Crippen LogP contribution in [-0.2, 0) is 14.9 Å². The van der Waals surface area contributed by atoms with Gasteiger partial charge in [0.25, 0.3) is 10.1 Å². The Bertz CT molecular complexity index is 1160. The molecule has 0 fully saturated rings. The second-order valence-electron chi connectivity index (χ2n) is 6.11. The second-order valence-corrected chi connectivity index (χ2v) is 9.33. The highest BCUT2D eigenvalue weighted by Crippen LogP contribution is 2.49. The molecule has 0 aliphatic heterocycles. The first-order chi connectivity index (χ1) is 13.5. The topological polar surface area (TPSA) is 94.8 Å². The predicted molar refractivity (Wildman–Crippen MR) is 114 cm³/mol. The summed E-state index contributed by atoms with van der Waals surface area (Å²) in [4.78, 5) is 0. The normalized spacial score (nSPS) is 12.2. The summed E-state index contributed by atoms with van der Waals surface area (Å²) >= 11 is 24.5. The minimum atomic E-state index is -5.01. The van der Waals surface area contributed by atoms with Gasteiger partial charge in [0, 0.05) is 15.6 Å². The van der Waals surface area contributed by atoms with Crippen molar-refractivity contribution in [2.24, 2.45) is 0 Å². The molecular weight excluding hydrogens is 482 g/mol. The number of hydrogen-bond acceptors (Lipinski definition) is 4. The monoisotopic (exact) mass is 492 g/mol. The first-order valence-corrected chi connectivity index (χ1v) is 10.8. The van der Waals surface area contributed by atoms with Gasteiger partial charge < -0.3 is 10.2 Å². The molecule has 0 atom stereocenters. The zero-order chi connectivity index (χ0) is 21.6. The van der Waals surface area contributed by atoms with Crippen molar-refractivity contribution < 1.29 is 23.2 Å². The summed E-state index contributed by atoms with van der Waals surface area (Å²) in [7, 11) is -5.01. The lowest BCUT2D eigenvalue weighted by Crippen LogP contribution is -2.38. The molecule has 3 aromatic carbocycles. The Morgan fingerprint density at radius 1 is 0.690 bits per heavy atom. The number of phenols is 2. The Morgan fingerprint density at radius 2 is 1.17 bits per heavy atom. The summed E-state index contributed by atoms with van der Waals surface area (Å²) in [5, 5.41) is 19.4. The Morgan fingerprint density at radius 3 is 1.59 bits per heavy atom. The van der Waals surface area contributed by atoms with Gasteiger partial charge >= 0.3 is 0 Å². The van der Waals surface area contributed by atoms with Gasteiger partial charge in [-0.1, -0.05) is 58.5 Å². The largest absolute Gasteiger partial charge is 0.506 e. The highest BCUT2D eigenvalue weighted by molar-refractivity contribution is 7.87. The summed E-state index contributed by atoms with van der Waals surface area (Å²) in [6.07, 6.45) is 0. The van der Waals surface area contributed by atoms with Gasteiger partial charge in [-0.15, -0.1) is 0 Å². The molecule has 29 heavy (non-hydrogen) atoms. The first-order valence-electron chi connectivity index (χ1n) is 7.89. The Labute approximate surface area is 186 Å². The molecule has 0 radical (unpaired) electrons. The molecular formula is C19H12Cl4O5S. The SMILES string of the molecule is O=S(=O)(O)C(c1ccc(O)c(Cl)c1)(c1ccc(O)c(Cl)c1)c1cc(Cl)ccc1Cl. The zero-order valence-corrected chi connectivity index (χ0v) is 18.1. The summed E-state index contributed by atoms with van der Waals surface area (Å²) in [5.74, 6) is -0.582. The minimum absolute atomic E-state index is 0.0135. The van der Waals surface area contributed by atoms with Crippen LogP contribution in [-0.4, -0.2) is 23.2 Å². The van der Waals surface area contributed by atoms with Crippen LogP contribution in [0.2, 0.25) is 20.1 Å². The Balaban J connectivity index is 2.58. The maximum atomic E-state index is 13.0. The van der Waals surface area contributed by atoms with Gasteiger partial charge in [-0.25, -0.2) is 0 Å². The quantitative estimate of drug-likeness (QED) is 0.311.